The number of hydrogen-bond donors (Lipinski definition) is 0. The first-order chi connectivity index (χ1) is 7.70. The molecule has 0 unspecified atom stereocenters. The first-order valence-electron chi connectivity index (χ1n) is 5.96. The minimum Gasteiger partial charge on any atom is -0.236 e. The van der Waals surface area contributed by atoms with E-state index in [9.17, 15) is 5.26 Å². The molecule has 1 fully saturated rings. The van der Waals surface area contributed by atoms with E-state index in [2.05, 4.69) is 23.0 Å². The van der Waals surface area contributed by atoms with E-state index in [1.54, 1.807) is 0 Å². The Morgan fingerprint density at radius 2 is 2.19 bits per heavy atom. The van der Waals surface area contributed by atoms with Gasteiger partial charge in [0.15, 0.2) is 0 Å². The van der Waals surface area contributed by atoms with Gasteiger partial charge in [-0.3, -0.25) is 0 Å². The zero-order valence-corrected chi connectivity index (χ0v) is 9.95. The van der Waals surface area contributed by atoms with Crippen LogP contribution >= 0.6 is 0 Å². The number of aryl methyl sites for hydroxylation is 2. The minimum absolute atomic E-state index is 0.380. The van der Waals surface area contributed by atoms with Gasteiger partial charge in [-0.25, -0.2) is 9.97 Å². The summed E-state index contributed by atoms with van der Waals surface area (Å²) in [4.78, 5) is 9.00. The van der Waals surface area contributed by atoms with Crippen LogP contribution in [0.15, 0.2) is 6.07 Å². The highest BCUT2D eigenvalue weighted by Gasteiger charge is 2.42. The molecule has 0 radical (unpaired) electrons. The molecular weight excluding hydrogens is 198 g/mol. The van der Waals surface area contributed by atoms with Crippen molar-refractivity contribution in [3.8, 4) is 6.07 Å². The van der Waals surface area contributed by atoms with Gasteiger partial charge in [0, 0.05) is 11.4 Å². The zero-order chi connectivity index (χ0) is 11.6. The summed E-state index contributed by atoms with van der Waals surface area (Å²) in [5.74, 6) is 0.754. The first kappa shape index (κ1) is 11.1. The highest BCUT2D eigenvalue weighted by atomic mass is 14.9. The van der Waals surface area contributed by atoms with Gasteiger partial charge in [0.25, 0.3) is 0 Å². The van der Waals surface area contributed by atoms with E-state index in [4.69, 9.17) is 0 Å². The van der Waals surface area contributed by atoms with E-state index in [1.165, 1.54) is 0 Å². The van der Waals surface area contributed by atoms with Crippen LogP contribution in [0.5, 0.6) is 0 Å². The predicted molar refractivity (Wildman–Crippen MR) is 61.9 cm³/mol. The normalized spacial score (nSPS) is 17.6. The zero-order valence-electron chi connectivity index (χ0n) is 9.95. The van der Waals surface area contributed by atoms with Gasteiger partial charge in [0.2, 0.25) is 0 Å². The maximum absolute atomic E-state index is 9.27. The Balaban J connectivity index is 2.37. The van der Waals surface area contributed by atoms with Crippen molar-refractivity contribution in [1.29, 1.82) is 5.26 Å². The standard InChI is InChI=1S/C13H17N3/c1-3-5-11-8-10(2)15-12(16-11)13(9-14)6-4-7-13/h8H,3-7H2,1-2H3. The third-order valence-electron chi connectivity index (χ3n) is 3.26. The molecule has 0 atom stereocenters. The van der Waals surface area contributed by atoms with E-state index in [0.717, 1.165) is 49.3 Å². The van der Waals surface area contributed by atoms with E-state index >= 15 is 0 Å². The molecule has 0 spiro atoms. The lowest BCUT2D eigenvalue weighted by Crippen LogP contribution is -2.35. The predicted octanol–water partition coefficient (Wildman–Crippen LogP) is 2.68. The van der Waals surface area contributed by atoms with Crippen molar-refractivity contribution in [3.63, 3.8) is 0 Å². The van der Waals surface area contributed by atoms with Gasteiger partial charge in [-0.15, -0.1) is 0 Å². The molecule has 3 nitrogen and oxygen atoms in total. The summed E-state index contributed by atoms with van der Waals surface area (Å²) in [7, 11) is 0. The summed E-state index contributed by atoms with van der Waals surface area (Å²) < 4.78 is 0. The van der Waals surface area contributed by atoms with Crippen molar-refractivity contribution in [2.75, 3.05) is 0 Å². The molecular formula is C13H17N3. The van der Waals surface area contributed by atoms with Crippen LogP contribution in [0, 0.1) is 18.3 Å². The molecule has 0 N–H and O–H groups in total. The number of nitriles is 1. The van der Waals surface area contributed by atoms with Gasteiger partial charge >= 0.3 is 0 Å². The Bertz CT molecular complexity index is 427. The van der Waals surface area contributed by atoms with E-state index in [0.29, 0.717) is 0 Å². The molecule has 0 bridgehead atoms. The number of rotatable bonds is 3. The molecule has 16 heavy (non-hydrogen) atoms. The molecule has 1 aromatic rings. The molecule has 1 saturated carbocycles. The van der Waals surface area contributed by atoms with Gasteiger partial charge in [-0.1, -0.05) is 13.3 Å². The second kappa shape index (κ2) is 4.21. The highest BCUT2D eigenvalue weighted by molar-refractivity contribution is 5.27. The summed E-state index contributed by atoms with van der Waals surface area (Å²) in [5.41, 5.74) is 1.68. The lowest BCUT2D eigenvalue weighted by atomic mass is 9.69. The average Bonchev–Trinajstić information content (AvgIpc) is 2.16. The van der Waals surface area contributed by atoms with Crippen molar-refractivity contribution < 1.29 is 0 Å². The summed E-state index contributed by atoms with van der Waals surface area (Å²) in [6.45, 7) is 4.12. The summed E-state index contributed by atoms with van der Waals surface area (Å²) in [5, 5.41) is 9.27. The molecule has 1 aliphatic rings. The van der Waals surface area contributed by atoms with Crippen LogP contribution < -0.4 is 0 Å². The minimum atomic E-state index is -0.380. The van der Waals surface area contributed by atoms with Crippen LogP contribution in [-0.2, 0) is 11.8 Å². The summed E-state index contributed by atoms with van der Waals surface area (Å²) in [6, 6.07) is 4.43. The number of aromatic nitrogens is 2. The second-order valence-electron chi connectivity index (χ2n) is 4.62. The molecule has 0 aliphatic heterocycles. The Hall–Kier alpha value is -1.43. The maximum atomic E-state index is 9.27. The fraction of sp³-hybridized carbons (Fsp3) is 0.615. The average molecular weight is 215 g/mol. The Kier molecular flexibility index (Phi) is 2.91. The number of nitrogens with zero attached hydrogens (tertiary/aromatic N) is 3. The van der Waals surface area contributed by atoms with Crippen LogP contribution in [0.25, 0.3) is 0 Å². The lowest BCUT2D eigenvalue weighted by Gasteiger charge is -2.33. The summed E-state index contributed by atoms with van der Waals surface area (Å²) >= 11 is 0. The Morgan fingerprint density at radius 3 is 2.69 bits per heavy atom. The van der Waals surface area contributed by atoms with Crippen LogP contribution in [-0.4, -0.2) is 9.97 Å². The quantitative estimate of drug-likeness (QED) is 0.778. The van der Waals surface area contributed by atoms with Crippen molar-refractivity contribution in [2.24, 2.45) is 0 Å². The van der Waals surface area contributed by atoms with Crippen molar-refractivity contribution >= 4 is 0 Å². The largest absolute Gasteiger partial charge is 0.236 e. The summed E-state index contributed by atoms with van der Waals surface area (Å²) in [6.07, 6.45) is 5.00. The van der Waals surface area contributed by atoms with Crippen LogP contribution in [0.4, 0.5) is 0 Å². The topological polar surface area (TPSA) is 49.6 Å². The molecule has 1 aromatic heterocycles. The van der Waals surface area contributed by atoms with Crippen LogP contribution in [0.3, 0.4) is 0 Å². The van der Waals surface area contributed by atoms with Gasteiger partial charge in [0.1, 0.15) is 11.2 Å². The van der Waals surface area contributed by atoms with Crippen molar-refractivity contribution in [3.05, 3.63) is 23.3 Å². The van der Waals surface area contributed by atoms with Crippen LogP contribution in [0.1, 0.15) is 49.8 Å². The van der Waals surface area contributed by atoms with Gasteiger partial charge < -0.3 is 0 Å². The molecule has 0 aromatic carbocycles. The van der Waals surface area contributed by atoms with E-state index in [-0.39, 0.29) is 5.41 Å². The Labute approximate surface area is 96.5 Å². The Morgan fingerprint density at radius 1 is 1.44 bits per heavy atom. The fourth-order valence-corrected chi connectivity index (χ4v) is 2.15. The van der Waals surface area contributed by atoms with E-state index < -0.39 is 0 Å². The van der Waals surface area contributed by atoms with Gasteiger partial charge in [-0.05, 0) is 38.7 Å². The second-order valence-corrected chi connectivity index (χ2v) is 4.62. The van der Waals surface area contributed by atoms with Crippen molar-refractivity contribution in [1.82, 2.24) is 9.97 Å². The monoisotopic (exact) mass is 215 g/mol. The lowest BCUT2D eigenvalue weighted by molar-refractivity contribution is 0.306. The molecule has 3 heteroatoms. The fourth-order valence-electron chi connectivity index (χ4n) is 2.15. The van der Waals surface area contributed by atoms with Gasteiger partial charge in [0.05, 0.1) is 6.07 Å². The van der Waals surface area contributed by atoms with Crippen LogP contribution in [0.2, 0.25) is 0 Å². The molecule has 1 aliphatic carbocycles. The SMILES string of the molecule is CCCc1cc(C)nc(C2(C#N)CCC2)n1. The smallest absolute Gasteiger partial charge is 0.149 e. The molecule has 1 heterocycles. The maximum Gasteiger partial charge on any atom is 0.149 e. The highest BCUT2D eigenvalue weighted by Crippen LogP contribution is 2.41. The first-order valence-corrected chi connectivity index (χ1v) is 5.96. The molecule has 0 saturated heterocycles. The molecule has 0 amide bonds. The third kappa shape index (κ3) is 1.80. The molecule has 2 rings (SSSR count). The van der Waals surface area contributed by atoms with Crippen molar-refractivity contribution in [2.45, 2.75) is 51.4 Å². The van der Waals surface area contributed by atoms with Gasteiger partial charge in [-0.2, -0.15) is 5.26 Å². The van der Waals surface area contributed by atoms with E-state index in [1.807, 2.05) is 13.0 Å². The number of hydrogen-bond acceptors (Lipinski definition) is 3. The molecule has 84 valence electrons. The third-order valence-corrected chi connectivity index (χ3v) is 3.26.